The fourth-order valence-electron chi connectivity index (χ4n) is 7.38. The van der Waals surface area contributed by atoms with E-state index in [1.54, 1.807) is 0 Å². The van der Waals surface area contributed by atoms with E-state index in [4.69, 9.17) is 4.74 Å². The molecule has 3 rings (SSSR count). The van der Waals surface area contributed by atoms with Crippen LogP contribution in [0, 0.1) is 34.5 Å². The third-order valence-electron chi connectivity index (χ3n) is 8.43. The largest absolute Gasteiger partial charge is 0.396 e. The first kappa shape index (κ1) is 18.4. The van der Waals surface area contributed by atoms with Crippen molar-refractivity contribution in [3.8, 4) is 0 Å². The van der Waals surface area contributed by atoms with E-state index in [1.807, 2.05) is 7.11 Å². The summed E-state index contributed by atoms with van der Waals surface area (Å²) in [6.07, 6.45) is 11.6. The van der Waals surface area contributed by atoms with Crippen LogP contribution >= 0.6 is 0 Å². The van der Waals surface area contributed by atoms with E-state index in [-0.39, 0.29) is 12.0 Å². The van der Waals surface area contributed by atoms with Crippen LogP contribution in [0.15, 0.2) is 0 Å². The predicted octanol–water partition coefficient (Wildman–Crippen LogP) is 4.22. The molecule has 3 nitrogen and oxygen atoms in total. The Hall–Kier alpha value is -0.410. The second kappa shape index (κ2) is 7.07. The summed E-state index contributed by atoms with van der Waals surface area (Å²) in [4.78, 5) is 11.3. The van der Waals surface area contributed by atoms with Gasteiger partial charge < -0.3 is 14.6 Å². The number of hydrogen-bond acceptors (Lipinski definition) is 3. The van der Waals surface area contributed by atoms with Crippen LogP contribution in [-0.4, -0.2) is 31.2 Å². The molecule has 0 aromatic rings. The van der Waals surface area contributed by atoms with Gasteiger partial charge in [0, 0.05) is 20.1 Å². The van der Waals surface area contributed by atoms with Gasteiger partial charge in [-0.15, -0.1) is 0 Å². The van der Waals surface area contributed by atoms with Gasteiger partial charge in [-0.25, -0.2) is 0 Å². The molecule has 3 saturated carbocycles. The Bertz CT molecular complexity index is 450. The summed E-state index contributed by atoms with van der Waals surface area (Å²) in [5, 5.41) is 10.5. The molecule has 24 heavy (non-hydrogen) atoms. The monoisotopic (exact) mass is 336 g/mol. The number of carbonyl (C=O) groups is 1. The maximum Gasteiger partial charge on any atom is 0.120 e. The highest BCUT2D eigenvalue weighted by molar-refractivity contribution is 5.50. The smallest absolute Gasteiger partial charge is 0.120 e. The number of rotatable bonds is 6. The van der Waals surface area contributed by atoms with Crippen molar-refractivity contribution in [2.45, 2.75) is 77.7 Å². The van der Waals surface area contributed by atoms with Gasteiger partial charge in [-0.3, -0.25) is 0 Å². The molecule has 3 heteroatoms. The molecule has 0 saturated heterocycles. The normalized spacial score (nSPS) is 47.9. The molecule has 0 amide bonds. The maximum atomic E-state index is 11.3. The zero-order valence-electron chi connectivity index (χ0n) is 15.8. The second-order valence-electron chi connectivity index (χ2n) is 9.04. The summed E-state index contributed by atoms with van der Waals surface area (Å²) in [6, 6.07) is 0. The first-order valence-electron chi connectivity index (χ1n) is 10.1. The lowest BCUT2D eigenvalue weighted by atomic mass is 9.46. The molecular weight excluding hydrogens is 300 g/mol. The highest BCUT2D eigenvalue weighted by Gasteiger charge is 2.60. The topological polar surface area (TPSA) is 46.5 Å². The van der Waals surface area contributed by atoms with Crippen LogP contribution in [0.5, 0.6) is 0 Å². The molecule has 0 aliphatic heterocycles. The quantitative estimate of drug-likeness (QED) is 0.739. The van der Waals surface area contributed by atoms with E-state index in [0.717, 1.165) is 31.5 Å². The minimum absolute atomic E-state index is 0.0228. The Morgan fingerprint density at radius 3 is 2.58 bits per heavy atom. The molecular formula is C21H36O3. The SMILES string of the molecule is CCCC1(CO)C(CC=O)CCC2C3CCC(OC)C3(C)CCC21. The van der Waals surface area contributed by atoms with E-state index in [2.05, 4.69) is 13.8 Å². The van der Waals surface area contributed by atoms with Gasteiger partial charge in [-0.2, -0.15) is 0 Å². The van der Waals surface area contributed by atoms with Crippen LogP contribution in [-0.2, 0) is 9.53 Å². The molecule has 3 fully saturated rings. The predicted molar refractivity (Wildman–Crippen MR) is 95.7 cm³/mol. The third-order valence-corrected chi connectivity index (χ3v) is 8.43. The molecule has 0 aromatic carbocycles. The highest BCUT2D eigenvalue weighted by atomic mass is 16.5. The average Bonchev–Trinajstić information content (AvgIpc) is 2.93. The zero-order valence-corrected chi connectivity index (χ0v) is 15.8. The van der Waals surface area contributed by atoms with Gasteiger partial charge in [-0.05, 0) is 79.4 Å². The van der Waals surface area contributed by atoms with Gasteiger partial charge in [0.2, 0.25) is 0 Å². The van der Waals surface area contributed by atoms with Crippen molar-refractivity contribution in [1.29, 1.82) is 0 Å². The number of ether oxygens (including phenoxy) is 1. The van der Waals surface area contributed by atoms with E-state index < -0.39 is 0 Å². The number of aldehydes is 1. The van der Waals surface area contributed by atoms with Crippen molar-refractivity contribution < 1.29 is 14.6 Å². The summed E-state index contributed by atoms with van der Waals surface area (Å²) in [5.41, 5.74) is 0.298. The summed E-state index contributed by atoms with van der Waals surface area (Å²) in [7, 11) is 1.88. The molecule has 1 N–H and O–H groups in total. The number of aliphatic hydroxyl groups is 1. The minimum Gasteiger partial charge on any atom is -0.396 e. The summed E-state index contributed by atoms with van der Waals surface area (Å²) in [6.45, 7) is 4.94. The van der Waals surface area contributed by atoms with Gasteiger partial charge in [-0.1, -0.05) is 20.3 Å². The summed E-state index contributed by atoms with van der Waals surface area (Å²) < 4.78 is 5.85. The molecule has 3 aliphatic rings. The maximum absolute atomic E-state index is 11.3. The van der Waals surface area contributed by atoms with E-state index >= 15 is 0 Å². The van der Waals surface area contributed by atoms with Crippen LogP contribution < -0.4 is 0 Å². The lowest BCUT2D eigenvalue weighted by Gasteiger charge is -2.59. The highest BCUT2D eigenvalue weighted by Crippen LogP contribution is 2.65. The first-order valence-corrected chi connectivity index (χ1v) is 10.1. The molecule has 7 atom stereocenters. The molecule has 3 aliphatic carbocycles. The number of hydrogen-bond donors (Lipinski definition) is 1. The molecule has 0 radical (unpaired) electrons. The van der Waals surface area contributed by atoms with Crippen molar-refractivity contribution in [1.82, 2.24) is 0 Å². The van der Waals surface area contributed by atoms with Crippen LogP contribution in [0.4, 0.5) is 0 Å². The van der Waals surface area contributed by atoms with Gasteiger partial charge in [0.05, 0.1) is 6.10 Å². The van der Waals surface area contributed by atoms with Crippen molar-refractivity contribution in [3.63, 3.8) is 0 Å². The van der Waals surface area contributed by atoms with Crippen LogP contribution in [0.2, 0.25) is 0 Å². The zero-order chi connectivity index (χ0) is 17.4. The van der Waals surface area contributed by atoms with Gasteiger partial charge in [0.25, 0.3) is 0 Å². The summed E-state index contributed by atoms with van der Waals surface area (Å²) >= 11 is 0. The van der Waals surface area contributed by atoms with E-state index in [0.29, 0.717) is 35.7 Å². The van der Waals surface area contributed by atoms with Crippen molar-refractivity contribution in [2.24, 2.45) is 34.5 Å². The Morgan fingerprint density at radius 1 is 1.17 bits per heavy atom. The Kier molecular flexibility index (Phi) is 5.42. The molecule has 0 bridgehead atoms. The standard InChI is InChI=1S/C21H36O3/c1-4-11-21(14-23)15(10-13-22)5-6-16-17-7-8-19(24-3)20(17,2)12-9-18(16)21/h13,15-19,23H,4-12,14H2,1-3H3. The van der Waals surface area contributed by atoms with Crippen LogP contribution in [0.1, 0.15) is 71.6 Å². The minimum atomic E-state index is -0.0228. The molecule has 7 unspecified atom stereocenters. The lowest BCUT2D eigenvalue weighted by Crippen LogP contribution is -2.55. The van der Waals surface area contributed by atoms with Crippen molar-refractivity contribution in [2.75, 3.05) is 13.7 Å². The van der Waals surface area contributed by atoms with Crippen molar-refractivity contribution >= 4 is 6.29 Å². The fourth-order valence-corrected chi connectivity index (χ4v) is 7.38. The van der Waals surface area contributed by atoms with Crippen LogP contribution in [0.3, 0.4) is 0 Å². The average molecular weight is 337 g/mol. The number of carbonyl (C=O) groups excluding carboxylic acids is 1. The van der Waals surface area contributed by atoms with Gasteiger partial charge in [0.15, 0.2) is 0 Å². The Balaban J connectivity index is 1.91. The molecule has 0 heterocycles. The fraction of sp³-hybridized carbons (Fsp3) is 0.952. The van der Waals surface area contributed by atoms with E-state index in [1.165, 1.54) is 32.1 Å². The van der Waals surface area contributed by atoms with Gasteiger partial charge >= 0.3 is 0 Å². The second-order valence-corrected chi connectivity index (χ2v) is 9.04. The summed E-state index contributed by atoms with van der Waals surface area (Å²) in [5.74, 6) is 2.42. The lowest BCUT2D eigenvalue weighted by molar-refractivity contribution is -0.143. The van der Waals surface area contributed by atoms with Crippen LogP contribution in [0.25, 0.3) is 0 Å². The molecule has 138 valence electrons. The Labute approximate surface area is 147 Å². The first-order chi connectivity index (χ1) is 11.6. The third kappa shape index (κ3) is 2.58. The molecule has 0 spiro atoms. The molecule has 0 aromatic heterocycles. The van der Waals surface area contributed by atoms with Gasteiger partial charge in [0.1, 0.15) is 6.29 Å². The van der Waals surface area contributed by atoms with E-state index in [9.17, 15) is 9.90 Å². The number of fused-ring (bicyclic) bond motifs is 3. The number of methoxy groups -OCH3 is 1. The number of aliphatic hydroxyl groups excluding tert-OH is 1. The Morgan fingerprint density at radius 2 is 1.96 bits per heavy atom. The van der Waals surface area contributed by atoms with Crippen molar-refractivity contribution in [3.05, 3.63) is 0 Å².